The first-order valence-corrected chi connectivity index (χ1v) is 13.7. The van der Waals surface area contributed by atoms with Gasteiger partial charge in [0.2, 0.25) is 0 Å². The summed E-state index contributed by atoms with van der Waals surface area (Å²) in [7, 11) is 1.95. The zero-order valence-electron chi connectivity index (χ0n) is 22.0. The second-order valence-electron chi connectivity index (χ2n) is 9.17. The summed E-state index contributed by atoms with van der Waals surface area (Å²) < 4.78 is 37.1. The highest BCUT2D eigenvalue weighted by Gasteiger charge is 2.36. The lowest BCUT2D eigenvalue weighted by Crippen LogP contribution is -2.40. The molecule has 0 unspecified atom stereocenters. The molecule has 40 heavy (non-hydrogen) atoms. The van der Waals surface area contributed by atoms with Gasteiger partial charge in [0.25, 0.3) is 0 Å². The van der Waals surface area contributed by atoms with Crippen LogP contribution in [0.1, 0.15) is 45.2 Å². The summed E-state index contributed by atoms with van der Waals surface area (Å²) in [5.74, 6) is 0.665. The molecular formula is C26H29F3N6O2S3. The largest absolute Gasteiger partial charge is 0.433 e. The number of alkyl halides is 3. The number of aromatic nitrogens is 4. The van der Waals surface area contributed by atoms with Crippen molar-refractivity contribution in [3.05, 3.63) is 69.6 Å². The molecule has 8 nitrogen and oxygen atoms in total. The number of rotatable bonds is 5. The van der Waals surface area contributed by atoms with E-state index in [2.05, 4.69) is 30.2 Å². The Balaban J connectivity index is 0.000000218. The van der Waals surface area contributed by atoms with E-state index in [1.807, 2.05) is 26.3 Å². The van der Waals surface area contributed by atoms with Crippen LogP contribution in [-0.2, 0) is 11.8 Å². The lowest BCUT2D eigenvalue weighted by molar-refractivity contribution is -0.141. The van der Waals surface area contributed by atoms with Gasteiger partial charge < -0.3 is 15.3 Å². The van der Waals surface area contributed by atoms with Crippen molar-refractivity contribution in [3.8, 4) is 10.6 Å². The van der Waals surface area contributed by atoms with Crippen LogP contribution in [0.5, 0.6) is 0 Å². The number of aryl methyl sites for hydroxylation is 2. The Morgan fingerprint density at radius 2 is 1.80 bits per heavy atom. The van der Waals surface area contributed by atoms with Gasteiger partial charge in [0, 0.05) is 42.0 Å². The summed E-state index contributed by atoms with van der Waals surface area (Å²) in [6, 6.07) is 5.72. The van der Waals surface area contributed by atoms with Gasteiger partial charge in [-0.3, -0.25) is 9.78 Å². The lowest BCUT2D eigenvalue weighted by Gasteiger charge is -2.36. The quantitative estimate of drug-likeness (QED) is 0.267. The van der Waals surface area contributed by atoms with Crippen molar-refractivity contribution >= 4 is 53.4 Å². The number of halogens is 3. The third-order valence-corrected chi connectivity index (χ3v) is 8.06. The Bertz CT molecular complexity index is 1400. The fourth-order valence-corrected chi connectivity index (χ4v) is 5.64. The van der Waals surface area contributed by atoms with E-state index in [1.165, 1.54) is 23.6 Å². The third-order valence-electron chi connectivity index (χ3n) is 6.20. The fourth-order valence-electron chi connectivity index (χ4n) is 3.98. The molecule has 2 N–H and O–H groups in total. The average Bonchev–Trinajstić information content (AvgIpc) is 3.51. The number of likely N-dealkylation sites (tertiary alicyclic amines) is 1. The molecule has 0 amide bonds. The first-order valence-electron chi connectivity index (χ1n) is 12.0. The Labute approximate surface area is 244 Å². The molecule has 0 radical (unpaired) electrons. The van der Waals surface area contributed by atoms with Crippen LogP contribution in [0.25, 0.3) is 10.6 Å². The molecule has 0 atom stereocenters. The Hall–Kier alpha value is -2.91. The normalized spacial score (nSPS) is 15.0. The van der Waals surface area contributed by atoms with Gasteiger partial charge in [-0.05, 0) is 51.9 Å². The monoisotopic (exact) mass is 610 g/mol. The summed E-state index contributed by atoms with van der Waals surface area (Å²) in [4.78, 5) is 30.3. The van der Waals surface area contributed by atoms with Gasteiger partial charge in [-0.25, -0.2) is 15.0 Å². The van der Waals surface area contributed by atoms with E-state index in [9.17, 15) is 23.1 Å². The van der Waals surface area contributed by atoms with Crippen molar-refractivity contribution in [1.82, 2.24) is 24.8 Å². The molecule has 0 aliphatic carbocycles. The fraction of sp³-hybridized carbons (Fsp3) is 0.346. The number of aldehydes is 1. The van der Waals surface area contributed by atoms with Crippen LogP contribution in [0.4, 0.5) is 24.1 Å². The number of thiazole rings is 2. The molecule has 0 aromatic carbocycles. The van der Waals surface area contributed by atoms with Crippen molar-refractivity contribution in [2.45, 2.75) is 38.5 Å². The predicted octanol–water partition coefficient (Wildman–Crippen LogP) is 5.96. The smallest absolute Gasteiger partial charge is 0.385 e. The van der Waals surface area contributed by atoms with E-state index in [0.717, 1.165) is 58.0 Å². The van der Waals surface area contributed by atoms with E-state index >= 15 is 0 Å². The molecule has 1 aliphatic heterocycles. The maximum atomic E-state index is 12.4. The highest BCUT2D eigenvalue weighted by molar-refractivity contribution is 7.59. The summed E-state index contributed by atoms with van der Waals surface area (Å²) in [6.07, 6.45) is 0.0168. The number of nitrogens with one attached hydrogen (secondary N) is 1. The third kappa shape index (κ3) is 7.85. The van der Waals surface area contributed by atoms with Crippen molar-refractivity contribution in [3.63, 3.8) is 0 Å². The maximum absolute atomic E-state index is 12.4. The van der Waals surface area contributed by atoms with Crippen LogP contribution in [0.2, 0.25) is 0 Å². The summed E-state index contributed by atoms with van der Waals surface area (Å²) in [6.45, 7) is 5.42. The highest BCUT2D eigenvalue weighted by atomic mass is 32.1. The van der Waals surface area contributed by atoms with Gasteiger partial charge in [-0.1, -0.05) is 6.07 Å². The van der Waals surface area contributed by atoms with Gasteiger partial charge in [-0.15, -0.1) is 22.7 Å². The van der Waals surface area contributed by atoms with E-state index in [1.54, 1.807) is 23.5 Å². The molecule has 0 saturated carbocycles. The topological polar surface area (TPSA) is 104 Å². The maximum Gasteiger partial charge on any atom is 0.433 e. The molecule has 1 saturated heterocycles. The SMILES string of the molecule is CN1CCC(O)(c2ccc(C(F)(F)F)nc2)CC1.Cc1nc(C)c(-c2csc(Nc3ccc(C=O)cn3)n2)s1.S. The molecule has 0 bridgehead atoms. The van der Waals surface area contributed by atoms with Gasteiger partial charge in [0.05, 0.1) is 26.9 Å². The van der Waals surface area contributed by atoms with E-state index in [4.69, 9.17) is 0 Å². The molecule has 214 valence electrons. The van der Waals surface area contributed by atoms with Crippen LogP contribution in [0, 0.1) is 13.8 Å². The Morgan fingerprint density at radius 1 is 1.07 bits per heavy atom. The van der Waals surface area contributed by atoms with Crippen LogP contribution in [0.15, 0.2) is 42.0 Å². The number of anilines is 2. The molecule has 1 fully saturated rings. The lowest BCUT2D eigenvalue weighted by atomic mass is 9.85. The number of carbonyl (C=O) groups is 1. The van der Waals surface area contributed by atoms with Gasteiger partial charge >= 0.3 is 6.18 Å². The number of aliphatic hydroxyl groups is 1. The molecular weight excluding hydrogens is 582 g/mol. The zero-order valence-corrected chi connectivity index (χ0v) is 24.6. The molecule has 5 heterocycles. The number of hydrogen-bond acceptors (Lipinski definition) is 10. The van der Waals surface area contributed by atoms with E-state index in [-0.39, 0.29) is 13.5 Å². The average molecular weight is 611 g/mol. The minimum Gasteiger partial charge on any atom is -0.385 e. The summed E-state index contributed by atoms with van der Waals surface area (Å²) >= 11 is 3.16. The van der Waals surface area contributed by atoms with E-state index < -0.39 is 17.5 Å². The van der Waals surface area contributed by atoms with Gasteiger partial charge in [0.1, 0.15) is 11.5 Å². The van der Waals surface area contributed by atoms with Crippen LogP contribution < -0.4 is 5.32 Å². The van der Waals surface area contributed by atoms with Crippen molar-refractivity contribution in [2.24, 2.45) is 0 Å². The minimum absolute atomic E-state index is 0. The first-order chi connectivity index (χ1) is 18.5. The van der Waals surface area contributed by atoms with Gasteiger partial charge in [0.15, 0.2) is 11.4 Å². The van der Waals surface area contributed by atoms with E-state index in [0.29, 0.717) is 29.8 Å². The number of piperidine rings is 1. The van der Waals surface area contributed by atoms with Gasteiger partial charge in [-0.2, -0.15) is 26.7 Å². The van der Waals surface area contributed by atoms with Crippen molar-refractivity contribution in [2.75, 3.05) is 25.5 Å². The zero-order chi connectivity index (χ0) is 28.2. The molecule has 14 heteroatoms. The molecule has 0 spiro atoms. The minimum atomic E-state index is -4.44. The molecule has 4 aromatic heterocycles. The number of nitrogens with zero attached hydrogens (tertiary/aromatic N) is 5. The Kier molecular flexibility index (Phi) is 10.4. The summed E-state index contributed by atoms with van der Waals surface area (Å²) in [5.41, 5.74) is 0.962. The Morgan fingerprint density at radius 3 is 2.33 bits per heavy atom. The second-order valence-corrected chi connectivity index (χ2v) is 11.2. The molecule has 5 rings (SSSR count). The highest BCUT2D eigenvalue weighted by Crippen LogP contribution is 2.34. The predicted molar refractivity (Wildman–Crippen MR) is 156 cm³/mol. The second kappa shape index (κ2) is 13.2. The number of hydrogen-bond donors (Lipinski definition) is 2. The first kappa shape index (κ1) is 31.6. The number of pyridine rings is 2. The van der Waals surface area contributed by atoms with Crippen molar-refractivity contribution in [1.29, 1.82) is 0 Å². The van der Waals surface area contributed by atoms with Crippen LogP contribution in [-0.4, -0.2) is 56.4 Å². The van der Waals surface area contributed by atoms with Crippen LogP contribution >= 0.6 is 36.2 Å². The standard InChI is InChI=1S/C14H12N4OS2.C12H15F3N2O.H2S/c1-8-13(21-9(2)16-8)11-7-20-14(17-11)18-12-4-3-10(6-19)5-15-12;1-17-6-4-11(18,5-7-17)9-2-3-10(16-8-9)12(13,14)15;/h3-7H,1-2H3,(H,15,17,18);2-3,8,18H,4-7H2,1H3;1H2. The van der Waals surface area contributed by atoms with Crippen LogP contribution in [0.3, 0.4) is 0 Å². The number of carbonyl (C=O) groups excluding carboxylic acids is 1. The molecule has 1 aliphatic rings. The molecule has 4 aromatic rings. The van der Waals surface area contributed by atoms with Crippen molar-refractivity contribution < 1.29 is 23.1 Å². The summed E-state index contributed by atoms with van der Waals surface area (Å²) in [5, 5.41) is 17.3.